The minimum Gasteiger partial charge on any atom is -0.380 e. The van der Waals surface area contributed by atoms with E-state index in [9.17, 15) is 0 Å². The van der Waals surface area contributed by atoms with Crippen molar-refractivity contribution in [2.24, 2.45) is 11.8 Å². The van der Waals surface area contributed by atoms with Crippen molar-refractivity contribution in [2.45, 2.75) is 45.7 Å². The molecule has 1 aromatic carbocycles. The Kier molecular flexibility index (Phi) is 3.53. The first-order chi connectivity index (χ1) is 9.13. The van der Waals surface area contributed by atoms with Gasteiger partial charge >= 0.3 is 0 Å². The summed E-state index contributed by atoms with van der Waals surface area (Å²) in [4.78, 5) is 2.70. The lowest BCUT2D eigenvalue weighted by molar-refractivity contribution is 0.0765. The predicted molar refractivity (Wildman–Crippen MR) is 81.5 cm³/mol. The van der Waals surface area contributed by atoms with Crippen molar-refractivity contribution in [3.63, 3.8) is 0 Å². The van der Waals surface area contributed by atoms with E-state index < -0.39 is 0 Å². The van der Waals surface area contributed by atoms with Crippen LogP contribution in [0.15, 0.2) is 24.3 Å². The maximum atomic E-state index is 3.69. The molecule has 0 spiro atoms. The third kappa shape index (κ3) is 2.64. The third-order valence-electron chi connectivity index (χ3n) is 5.02. The highest BCUT2D eigenvalue weighted by atomic mass is 15.2. The first-order valence-corrected chi connectivity index (χ1v) is 7.72. The summed E-state index contributed by atoms with van der Waals surface area (Å²) in [7, 11) is 0. The van der Waals surface area contributed by atoms with Crippen molar-refractivity contribution in [2.75, 3.05) is 18.4 Å². The second-order valence-corrected chi connectivity index (χ2v) is 6.72. The number of rotatable bonds is 2. The van der Waals surface area contributed by atoms with E-state index in [1.165, 1.54) is 37.2 Å². The Morgan fingerprint density at radius 2 is 2.00 bits per heavy atom. The molecule has 0 saturated carbocycles. The van der Waals surface area contributed by atoms with E-state index in [-0.39, 0.29) is 0 Å². The quantitative estimate of drug-likeness (QED) is 0.874. The van der Waals surface area contributed by atoms with Crippen LogP contribution in [0.5, 0.6) is 0 Å². The van der Waals surface area contributed by atoms with Crippen LogP contribution in [0.3, 0.4) is 0 Å². The van der Waals surface area contributed by atoms with Crippen molar-refractivity contribution >= 4 is 5.69 Å². The molecule has 2 heteroatoms. The summed E-state index contributed by atoms with van der Waals surface area (Å²) in [5.41, 5.74) is 2.83. The summed E-state index contributed by atoms with van der Waals surface area (Å²) >= 11 is 0. The van der Waals surface area contributed by atoms with E-state index >= 15 is 0 Å². The van der Waals surface area contributed by atoms with E-state index in [0.717, 1.165) is 17.9 Å². The average Bonchev–Trinajstić information content (AvgIpc) is 2.77. The first-order valence-electron chi connectivity index (χ1n) is 7.72. The topological polar surface area (TPSA) is 15.3 Å². The van der Waals surface area contributed by atoms with Gasteiger partial charge in [-0.25, -0.2) is 0 Å². The molecule has 0 bridgehead atoms. The van der Waals surface area contributed by atoms with Crippen LogP contribution < -0.4 is 5.32 Å². The molecular weight excluding hydrogens is 232 g/mol. The van der Waals surface area contributed by atoms with Crippen LogP contribution in [0.25, 0.3) is 0 Å². The van der Waals surface area contributed by atoms with Gasteiger partial charge in [0.05, 0.1) is 0 Å². The summed E-state index contributed by atoms with van der Waals surface area (Å²) in [6.07, 6.45) is 2.57. The normalized spacial score (nSPS) is 34.9. The monoisotopic (exact) mass is 258 g/mol. The van der Waals surface area contributed by atoms with Crippen LogP contribution in [0.4, 0.5) is 5.69 Å². The fourth-order valence-corrected chi connectivity index (χ4v) is 3.84. The van der Waals surface area contributed by atoms with Gasteiger partial charge < -0.3 is 5.32 Å². The molecule has 0 amide bonds. The molecule has 1 N–H and O–H groups in total. The van der Waals surface area contributed by atoms with Crippen molar-refractivity contribution in [3.8, 4) is 0 Å². The molecule has 2 aliphatic heterocycles. The molecule has 19 heavy (non-hydrogen) atoms. The number of piperidine rings is 1. The Hall–Kier alpha value is -1.02. The van der Waals surface area contributed by atoms with Crippen molar-refractivity contribution in [1.82, 2.24) is 4.90 Å². The Morgan fingerprint density at radius 1 is 1.21 bits per heavy atom. The van der Waals surface area contributed by atoms with Gasteiger partial charge in [-0.3, -0.25) is 4.90 Å². The third-order valence-corrected chi connectivity index (χ3v) is 5.02. The Bertz CT molecular complexity index is 418. The summed E-state index contributed by atoms with van der Waals surface area (Å²) in [6.45, 7) is 9.65. The Labute approximate surface area is 117 Å². The molecule has 0 radical (unpaired) electrons. The molecule has 4 atom stereocenters. The zero-order valence-corrected chi connectivity index (χ0v) is 12.4. The van der Waals surface area contributed by atoms with Gasteiger partial charge in [0, 0.05) is 30.9 Å². The average molecular weight is 258 g/mol. The van der Waals surface area contributed by atoms with Gasteiger partial charge in [-0.15, -0.1) is 0 Å². The molecule has 0 aliphatic carbocycles. The van der Waals surface area contributed by atoms with Crippen molar-refractivity contribution in [1.29, 1.82) is 0 Å². The summed E-state index contributed by atoms with van der Waals surface area (Å²) in [6, 6.07) is 10.1. The van der Waals surface area contributed by atoms with Crippen LogP contribution in [-0.4, -0.2) is 30.1 Å². The Morgan fingerprint density at radius 3 is 2.79 bits per heavy atom. The molecule has 1 fully saturated rings. The van der Waals surface area contributed by atoms with E-state index in [4.69, 9.17) is 0 Å². The SMILES string of the molecule is CC1CC(C)C(C)N(CC2Cc3ccccc3N2)C1. The number of benzene rings is 1. The largest absolute Gasteiger partial charge is 0.380 e. The molecule has 2 nitrogen and oxygen atoms in total. The zero-order valence-electron chi connectivity index (χ0n) is 12.4. The highest BCUT2D eigenvalue weighted by molar-refractivity contribution is 5.56. The lowest BCUT2D eigenvalue weighted by Gasteiger charge is -2.42. The number of nitrogens with zero attached hydrogens (tertiary/aromatic N) is 1. The lowest BCUT2D eigenvalue weighted by Crippen LogP contribution is -2.49. The minimum absolute atomic E-state index is 0.595. The van der Waals surface area contributed by atoms with E-state index in [1.54, 1.807) is 0 Å². The zero-order chi connectivity index (χ0) is 13.4. The second kappa shape index (κ2) is 5.16. The van der Waals surface area contributed by atoms with Gasteiger partial charge in [0.2, 0.25) is 0 Å². The number of para-hydroxylation sites is 1. The number of hydrogen-bond donors (Lipinski definition) is 1. The molecule has 104 valence electrons. The molecular formula is C17H26N2. The molecule has 0 aromatic heterocycles. The van der Waals surface area contributed by atoms with Gasteiger partial charge in [-0.1, -0.05) is 32.0 Å². The van der Waals surface area contributed by atoms with Crippen LogP contribution >= 0.6 is 0 Å². The van der Waals surface area contributed by atoms with Gasteiger partial charge in [0.25, 0.3) is 0 Å². The maximum absolute atomic E-state index is 3.69. The van der Waals surface area contributed by atoms with Crippen LogP contribution in [0.1, 0.15) is 32.8 Å². The van der Waals surface area contributed by atoms with Gasteiger partial charge in [0.15, 0.2) is 0 Å². The van der Waals surface area contributed by atoms with E-state index in [2.05, 4.69) is 55.3 Å². The number of nitrogens with one attached hydrogen (secondary N) is 1. The predicted octanol–water partition coefficient (Wildman–Crippen LogP) is 3.39. The maximum Gasteiger partial charge on any atom is 0.0429 e. The minimum atomic E-state index is 0.595. The molecule has 3 rings (SSSR count). The first kappa shape index (κ1) is 13.0. The number of anilines is 1. The summed E-state index contributed by atoms with van der Waals surface area (Å²) in [5.74, 6) is 1.67. The van der Waals surface area contributed by atoms with Crippen LogP contribution in [-0.2, 0) is 6.42 Å². The van der Waals surface area contributed by atoms with Crippen molar-refractivity contribution < 1.29 is 0 Å². The molecule has 2 heterocycles. The van der Waals surface area contributed by atoms with Crippen LogP contribution in [0.2, 0.25) is 0 Å². The number of likely N-dealkylation sites (tertiary alicyclic amines) is 1. The van der Waals surface area contributed by atoms with Gasteiger partial charge in [0.1, 0.15) is 0 Å². The van der Waals surface area contributed by atoms with E-state index in [0.29, 0.717) is 6.04 Å². The highest BCUT2D eigenvalue weighted by Gasteiger charge is 2.31. The second-order valence-electron chi connectivity index (χ2n) is 6.72. The fourth-order valence-electron chi connectivity index (χ4n) is 3.84. The smallest absolute Gasteiger partial charge is 0.0429 e. The fraction of sp³-hybridized carbons (Fsp3) is 0.647. The van der Waals surface area contributed by atoms with E-state index in [1.807, 2.05) is 0 Å². The van der Waals surface area contributed by atoms with Gasteiger partial charge in [-0.05, 0) is 43.2 Å². The lowest BCUT2D eigenvalue weighted by atomic mass is 9.85. The van der Waals surface area contributed by atoms with Crippen LogP contribution in [0, 0.1) is 11.8 Å². The Balaban J connectivity index is 1.64. The molecule has 4 unspecified atom stereocenters. The number of fused-ring (bicyclic) bond motifs is 1. The molecule has 2 aliphatic rings. The standard InChI is InChI=1S/C17H26N2/c1-12-8-13(2)14(3)19(10-12)11-16-9-15-6-4-5-7-17(15)18-16/h4-7,12-14,16,18H,8-11H2,1-3H3. The number of hydrogen-bond acceptors (Lipinski definition) is 2. The highest BCUT2D eigenvalue weighted by Crippen LogP contribution is 2.30. The van der Waals surface area contributed by atoms with Crippen molar-refractivity contribution in [3.05, 3.63) is 29.8 Å². The summed E-state index contributed by atoms with van der Waals surface area (Å²) in [5, 5.41) is 3.69. The summed E-state index contributed by atoms with van der Waals surface area (Å²) < 4.78 is 0. The molecule has 1 saturated heterocycles. The molecule has 1 aromatic rings. The van der Waals surface area contributed by atoms with Gasteiger partial charge in [-0.2, -0.15) is 0 Å².